The molecule has 0 saturated heterocycles. The van der Waals surface area contributed by atoms with E-state index in [-0.39, 0.29) is 5.69 Å². The first kappa shape index (κ1) is 17.6. The Morgan fingerprint density at radius 3 is 2.62 bits per heavy atom. The number of nitrogens with two attached hydrogens (primary N) is 1. The summed E-state index contributed by atoms with van der Waals surface area (Å²) < 4.78 is 32.7. The van der Waals surface area contributed by atoms with Crippen molar-refractivity contribution in [2.75, 3.05) is 12.4 Å². The monoisotopic (exact) mass is 358 g/mol. The molecule has 1 heterocycles. The van der Waals surface area contributed by atoms with E-state index in [1.807, 2.05) is 0 Å². The summed E-state index contributed by atoms with van der Waals surface area (Å²) in [7, 11) is 1.44. The summed E-state index contributed by atoms with van der Waals surface area (Å²) in [5.74, 6) is -1.36. The Labute approximate surface area is 148 Å². The number of amides is 1. The lowest BCUT2D eigenvalue weighted by molar-refractivity contribution is -0.117. The fourth-order valence-electron chi connectivity index (χ4n) is 2.47. The molecule has 0 aliphatic heterocycles. The van der Waals surface area contributed by atoms with Crippen molar-refractivity contribution in [2.24, 2.45) is 5.73 Å². The summed E-state index contributed by atoms with van der Waals surface area (Å²) in [5, 5.41) is 8.90. The van der Waals surface area contributed by atoms with Crippen LogP contribution in [0.15, 0.2) is 48.8 Å². The first-order valence-electron chi connectivity index (χ1n) is 7.68. The molecule has 0 fully saturated rings. The zero-order chi connectivity index (χ0) is 18.7. The van der Waals surface area contributed by atoms with E-state index in [1.54, 1.807) is 6.20 Å². The van der Waals surface area contributed by atoms with E-state index >= 15 is 0 Å². The molecule has 0 spiro atoms. The molecule has 0 aliphatic carbocycles. The predicted molar refractivity (Wildman–Crippen MR) is 92.5 cm³/mol. The SMILES string of the molecule is COc1cc(NC(=O)[C@H](N)c2ccc(F)cc2)c(F)cc1-c1cn[nH]c1. The maximum atomic E-state index is 14.4. The van der Waals surface area contributed by atoms with E-state index in [2.05, 4.69) is 15.5 Å². The van der Waals surface area contributed by atoms with Crippen molar-refractivity contribution >= 4 is 11.6 Å². The van der Waals surface area contributed by atoms with Crippen LogP contribution >= 0.6 is 0 Å². The van der Waals surface area contributed by atoms with Crippen LogP contribution in [-0.2, 0) is 4.79 Å². The van der Waals surface area contributed by atoms with Gasteiger partial charge in [-0.05, 0) is 23.8 Å². The minimum atomic E-state index is -1.07. The molecule has 1 aromatic heterocycles. The molecule has 6 nitrogen and oxygen atoms in total. The molecule has 0 bridgehead atoms. The number of benzene rings is 2. The van der Waals surface area contributed by atoms with Gasteiger partial charge in [0.05, 0.1) is 19.0 Å². The number of aromatic nitrogens is 2. The number of hydrogen-bond donors (Lipinski definition) is 3. The summed E-state index contributed by atoms with van der Waals surface area (Å²) in [4.78, 5) is 12.3. The van der Waals surface area contributed by atoms with Gasteiger partial charge in [0, 0.05) is 23.4 Å². The molecule has 0 unspecified atom stereocenters. The summed E-state index contributed by atoms with van der Waals surface area (Å²) in [6.07, 6.45) is 3.12. The third-order valence-corrected chi connectivity index (χ3v) is 3.87. The van der Waals surface area contributed by atoms with Crippen molar-refractivity contribution in [1.29, 1.82) is 0 Å². The maximum absolute atomic E-state index is 14.4. The molecule has 26 heavy (non-hydrogen) atoms. The number of carbonyl (C=O) groups is 1. The van der Waals surface area contributed by atoms with Gasteiger partial charge in [0.15, 0.2) is 0 Å². The normalized spacial score (nSPS) is 11.8. The van der Waals surface area contributed by atoms with Crippen molar-refractivity contribution < 1.29 is 18.3 Å². The molecule has 1 atom stereocenters. The van der Waals surface area contributed by atoms with Gasteiger partial charge in [-0.2, -0.15) is 5.10 Å². The lowest BCUT2D eigenvalue weighted by atomic mass is 10.1. The number of nitrogens with zero attached hydrogens (tertiary/aromatic N) is 1. The van der Waals surface area contributed by atoms with Crippen LogP contribution in [0.2, 0.25) is 0 Å². The highest BCUT2D eigenvalue weighted by atomic mass is 19.1. The molecule has 3 rings (SSSR count). The lowest BCUT2D eigenvalue weighted by Gasteiger charge is -2.15. The van der Waals surface area contributed by atoms with Gasteiger partial charge < -0.3 is 15.8 Å². The largest absolute Gasteiger partial charge is 0.496 e. The van der Waals surface area contributed by atoms with Crippen LogP contribution in [0, 0.1) is 11.6 Å². The van der Waals surface area contributed by atoms with Gasteiger partial charge in [-0.1, -0.05) is 12.1 Å². The Morgan fingerprint density at radius 1 is 1.27 bits per heavy atom. The van der Waals surface area contributed by atoms with Gasteiger partial charge in [0.25, 0.3) is 0 Å². The molecular weight excluding hydrogens is 342 g/mol. The van der Waals surface area contributed by atoms with Crippen LogP contribution in [0.3, 0.4) is 0 Å². The fraction of sp³-hybridized carbons (Fsp3) is 0.111. The van der Waals surface area contributed by atoms with E-state index < -0.39 is 23.6 Å². The number of ether oxygens (including phenoxy) is 1. The summed E-state index contributed by atoms with van der Waals surface area (Å²) >= 11 is 0. The number of aromatic amines is 1. The van der Waals surface area contributed by atoms with Crippen LogP contribution in [0.1, 0.15) is 11.6 Å². The average molecular weight is 358 g/mol. The van der Waals surface area contributed by atoms with Crippen molar-refractivity contribution in [3.8, 4) is 16.9 Å². The smallest absolute Gasteiger partial charge is 0.245 e. The molecule has 0 radical (unpaired) electrons. The molecule has 8 heteroatoms. The van der Waals surface area contributed by atoms with Crippen LogP contribution in [-0.4, -0.2) is 23.2 Å². The Bertz CT molecular complexity index is 912. The second-order valence-corrected chi connectivity index (χ2v) is 5.54. The van der Waals surface area contributed by atoms with Crippen LogP contribution in [0.5, 0.6) is 5.75 Å². The minimum absolute atomic E-state index is 0.0725. The highest BCUT2D eigenvalue weighted by molar-refractivity contribution is 5.96. The Kier molecular flexibility index (Phi) is 4.94. The lowest BCUT2D eigenvalue weighted by Crippen LogP contribution is -2.28. The molecule has 0 aliphatic rings. The quantitative estimate of drug-likeness (QED) is 0.654. The highest BCUT2D eigenvalue weighted by Crippen LogP contribution is 2.34. The van der Waals surface area contributed by atoms with Crippen LogP contribution in [0.25, 0.3) is 11.1 Å². The van der Waals surface area contributed by atoms with E-state index in [9.17, 15) is 13.6 Å². The zero-order valence-corrected chi connectivity index (χ0v) is 13.8. The Balaban J connectivity index is 1.85. The second-order valence-electron chi connectivity index (χ2n) is 5.54. The fourth-order valence-corrected chi connectivity index (χ4v) is 2.47. The molecular formula is C18H16F2N4O2. The van der Waals surface area contributed by atoms with E-state index in [1.165, 1.54) is 49.7 Å². The standard InChI is InChI=1S/C18H16F2N4O2/c1-26-16-7-15(14(20)6-13(16)11-8-22-23-9-11)24-18(25)17(21)10-2-4-12(19)5-3-10/h2-9,17H,21H2,1H3,(H,22,23)(H,24,25)/t17-/m1/s1. The van der Waals surface area contributed by atoms with E-state index in [0.29, 0.717) is 22.4 Å². The van der Waals surface area contributed by atoms with Gasteiger partial charge >= 0.3 is 0 Å². The van der Waals surface area contributed by atoms with Crippen molar-refractivity contribution in [3.63, 3.8) is 0 Å². The number of carbonyl (C=O) groups excluding carboxylic acids is 1. The Morgan fingerprint density at radius 2 is 2.00 bits per heavy atom. The zero-order valence-electron chi connectivity index (χ0n) is 13.8. The highest BCUT2D eigenvalue weighted by Gasteiger charge is 2.19. The van der Waals surface area contributed by atoms with Gasteiger partial charge in [-0.15, -0.1) is 0 Å². The van der Waals surface area contributed by atoms with Crippen LogP contribution in [0.4, 0.5) is 14.5 Å². The molecule has 0 saturated carbocycles. The molecule has 1 amide bonds. The average Bonchev–Trinajstić information content (AvgIpc) is 3.17. The van der Waals surface area contributed by atoms with E-state index in [4.69, 9.17) is 10.5 Å². The number of halogens is 2. The Hall–Kier alpha value is -3.26. The summed E-state index contributed by atoms with van der Waals surface area (Å²) in [6, 6.07) is 6.74. The number of H-pyrrole nitrogens is 1. The van der Waals surface area contributed by atoms with Gasteiger partial charge in [-0.3, -0.25) is 9.89 Å². The predicted octanol–water partition coefficient (Wildman–Crippen LogP) is 3.00. The first-order chi connectivity index (χ1) is 12.5. The summed E-state index contributed by atoms with van der Waals surface area (Å²) in [6.45, 7) is 0. The number of nitrogens with one attached hydrogen (secondary N) is 2. The molecule has 2 aromatic carbocycles. The minimum Gasteiger partial charge on any atom is -0.496 e. The number of hydrogen-bond acceptors (Lipinski definition) is 4. The number of methoxy groups -OCH3 is 1. The number of anilines is 1. The topological polar surface area (TPSA) is 93.0 Å². The molecule has 4 N–H and O–H groups in total. The first-order valence-corrected chi connectivity index (χ1v) is 7.68. The maximum Gasteiger partial charge on any atom is 0.245 e. The molecule has 134 valence electrons. The van der Waals surface area contributed by atoms with E-state index in [0.717, 1.165) is 0 Å². The van der Waals surface area contributed by atoms with Gasteiger partial charge in [-0.25, -0.2) is 8.78 Å². The van der Waals surface area contributed by atoms with Crippen molar-refractivity contribution in [1.82, 2.24) is 10.2 Å². The second kappa shape index (κ2) is 7.32. The van der Waals surface area contributed by atoms with Gasteiger partial charge in [0.1, 0.15) is 23.4 Å². The van der Waals surface area contributed by atoms with Crippen molar-refractivity contribution in [3.05, 3.63) is 66.0 Å². The third-order valence-electron chi connectivity index (χ3n) is 3.87. The number of rotatable bonds is 5. The van der Waals surface area contributed by atoms with Gasteiger partial charge in [0.2, 0.25) is 5.91 Å². The molecule has 3 aromatic rings. The third kappa shape index (κ3) is 3.55. The van der Waals surface area contributed by atoms with Crippen LogP contribution < -0.4 is 15.8 Å². The van der Waals surface area contributed by atoms with Crippen molar-refractivity contribution in [2.45, 2.75) is 6.04 Å². The summed E-state index contributed by atoms with van der Waals surface area (Å²) in [5.41, 5.74) is 7.33.